The van der Waals surface area contributed by atoms with Crippen molar-refractivity contribution in [2.24, 2.45) is 0 Å². The molecular weight excluding hydrogens is 160 g/mol. The number of thiophene rings is 1. The molecule has 0 spiro atoms. The molecule has 0 radical (unpaired) electrons. The van der Waals surface area contributed by atoms with Gasteiger partial charge in [0, 0.05) is 0 Å². The highest BCUT2D eigenvalue weighted by Crippen LogP contribution is 2.24. The summed E-state index contributed by atoms with van der Waals surface area (Å²) < 4.78 is 4.92. The van der Waals surface area contributed by atoms with Gasteiger partial charge in [-0.05, 0) is 18.2 Å². The predicted octanol–water partition coefficient (Wildman–Crippen LogP) is 2.13. The molecule has 0 saturated heterocycles. The van der Waals surface area contributed by atoms with Crippen LogP contribution >= 0.6 is 11.3 Å². The Bertz CT molecular complexity index is 275. The minimum atomic E-state index is -0.0571. The molecule has 0 atom stereocenters. The molecule has 2 nitrogen and oxygen atoms in total. The number of carbonyl (C=O) groups excluding carboxylic acids is 1. The van der Waals surface area contributed by atoms with Crippen molar-refractivity contribution in [3.05, 3.63) is 29.7 Å². The second-order valence-corrected chi connectivity index (χ2v) is 2.94. The van der Waals surface area contributed by atoms with E-state index in [0.717, 1.165) is 5.06 Å². The molecule has 0 saturated carbocycles. The maximum Gasteiger partial charge on any atom is 0.195 e. The van der Waals surface area contributed by atoms with Crippen LogP contribution in [0.5, 0.6) is 5.06 Å². The third kappa shape index (κ3) is 1.68. The van der Waals surface area contributed by atoms with Gasteiger partial charge in [0.2, 0.25) is 0 Å². The quantitative estimate of drug-likeness (QED) is 0.510. The van der Waals surface area contributed by atoms with Crippen LogP contribution in [0.1, 0.15) is 9.67 Å². The molecular formula is C8H8O2S. The summed E-state index contributed by atoms with van der Waals surface area (Å²) in [5.41, 5.74) is 0. The Hall–Kier alpha value is -1.09. The first-order valence-electron chi connectivity index (χ1n) is 3.08. The largest absolute Gasteiger partial charge is 0.487 e. The molecule has 0 aromatic carbocycles. The van der Waals surface area contributed by atoms with Crippen LogP contribution in [-0.4, -0.2) is 12.9 Å². The molecule has 0 bridgehead atoms. The lowest BCUT2D eigenvalue weighted by atomic mass is 10.3. The normalized spacial score (nSPS) is 9.18. The Morgan fingerprint density at radius 2 is 2.45 bits per heavy atom. The number of rotatable bonds is 3. The van der Waals surface area contributed by atoms with Gasteiger partial charge in [-0.3, -0.25) is 4.79 Å². The Morgan fingerprint density at radius 1 is 1.73 bits per heavy atom. The zero-order valence-electron chi connectivity index (χ0n) is 6.16. The van der Waals surface area contributed by atoms with Crippen LogP contribution in [-0.2, 0) is 0 Å². The van der Waals surface area contributed by atoms with E-state index in [4.69, 9.17) is 4.74 Å². The van der Waals surface area contributed by atoms with Crippen LogP contribution in [0.25, 0.3) is 0 Å². The summed E-state index contributed by atoms with van der Waals surface area (Å²) in [6.07, 6.45) is 1.30. The molecule has 0 unspecified atom stereocenters. The van der Waals surface area contributed by atoms with E-state index in [1.54, 1.807) is 19.2 Å². The summed E-state index contributed by atoms with van der Waals surface area (Å²) in [6.45, 7) is 3.39. The summed E-state index contributed by atoms with van der Waals surface area (Å²) in [7, 11) is 1.58. The molecule has 58 valence electrons. The average molecular weight is 168 g/mol. The van der Waals surface area contributed by atoms with Crippen molar-refractivity contribution in [3.8, 4) is 5.06 Å². The van der Waals surface area contributed by atoms with Crippen molar-refractivity contribution in [1.82, 2.24) is 0 Å². The number of ether oxygens (including phenoxy) is 1. The summed E-state index contributed by atoms with van der Waals surface area (Å²) in [5, 5.41) is 0.746. The van der Waals surface area contributed by atoms with Gasteiger partial charge in [0.25, 0.3) is 0 Å². The van der Waals surface area contributed by atoms with Crippen LogP contribution in [0.3, 0.4) is 0 Å². The van der Waals surface area contributed by atoms with E-state index in [0.29, 0.717) is 4.88 Å². The highest BCUT2D eigenvalue weighted by molar-refractivity contribution is 7.15. The Kier molecular flexibility index (Phi) is 2.44. The fourth-order valence-corrected chi connectivity index (χ4v) is 1.42. The molecule has 0 aliphatic rings. The number of hydrogen-bond donors (Lipinski definition) is 0. The second-order valence-electron chi connectivity index (χ2n) is 1.89. The van der Waals surface area contributed by atoms with Gasteiger partial charge in [-0.25, -0.2) is 0 Å². The van der Waals surface area contributed by atoms with Gasteiger partial charge in [0.15, 0.2) is 10.8 Å². The molecule has 0 N–H and O–H groups in total. The van der Waals surface area contributed by atoms with Crippen molar-refractivity contribution in [2.75, 3.05) is 7.11 Å². The summed E-state index contributed by atoms with van der Waals surface area (Å²) in [5.74, 6) is -0.0571. The molecule has 0 aliphatic heterocycles. The minimum Gasteiger partial charge on any atom is -0.487 e. The number of methoxy groups -OCH3 is 1. The zero-order valence-corrected chi connectivity index (χ0v) is 6.98. The number of carbonyl (C=O) groups is 1. The first kappa shape index (κ1) is 8.01. The minimum absolute atomic E-state index is 0.0571. The molecule has 0 fully saturated rings. The maximum absolute atomic E-state index is 11.0. The molecule has 1 aromatic heterocycles. The SMILES string of the molecule is C=CC(=O)c1ccc(OC)s1. The average Bonchev–Trinajstić information content (AvgIpc) is 2.50. The van der Waals surface area contributed by atoms with E-state index in [-0.39, 0.29) is 5.78 Å². The molecule has 1 aromatic rings. The Morgan fingerprint density at radius 3 is 2.91 bits per heavy atom. The standard InChI is InChI=1S/C8H8O2S/c1-3-6(9)7-4-5-8(10-2)11-7/h3-5H,1H2,2H3. The van der Waals surface area contributed by atoms with Gasteiger partial charge in [-0.15, -0.1) is 0 Å². The highest BCUT2D eigenvalue weighted by Gasteiger charge is 2.04. The van der Waals surface area contributed by atoms with E-state index < -0.39 is 0 Å². The summed E-state index contributed by atoms with van der Waals surface area (Å²) >= 11 is 1.32. The lowest BCUT2D eigenvalue weighted by molar-refractivity contribution is 0.105. The molecule has 1 heterocycles. The van der Waals surface area contributed by atoms with E-state index >= 15 is 0 Å². The van der Waals surface area contributed by atoms with Crippen LogP contribution < -0.4 is 4.74 Å². The van der Waals surface area contributed by atoms with Crippen LogP contribution in [0.4, 0.5) is 0 Å². The molecule has 11 heavy (non-hydrogen) atoms. The van der Waals surface area contributed by atoms with Gasteiger partial charge in [0.1, 0.15) is 0 Å². The molecule has 3 heteroatoms. The second kappa shape index (κ2) is 3.34. The van der Waals surface area contributed by atoms with Gasteiger partial charge in [-0.1, -0.05) is 17.9 Å². The van der Waals surface area contributed by atoms with Crippen molar-refractivity contribution in [2.45, 2.75) is 0 Å². The Balaban J connectivity index is 2.88. The molecule has 1 rings (SSSR count). The van der Waals surface area contributed by atoms with Gasteiger partial charge in [0.05, 0.1) is 12.0 Å². The predicted molar refractivity (Wildman–Crippen MR) is 45.4 cm³/mol. The third-order valence-electron chi connectivity index (χ3n) is 1.21. The van der Waals surface area contributed by atoms with E-state index in [1.165, 1.54) is 17.4 Å². The van der Waals surface area contributed by atoms with Crippen LogP contribution in [0.15, 0.2) is 24.8 Å². The third-order valence-corrected chi connectivity index (χ3v) is 2.27. The topological polar surface area (TPSA) is 26.3 Å². The zero-order chi connectivity index (χ0) is 8.27. The highest BCUT2D eigenvalue weighted by atomic mass is 32.1. The maximum atomic E-state index is 11.0. The van der Waals surface area contributed by atoms with E-state index in [9.17, 15) is 4.79 Å². The van der Waals surface area contributed by atoms with Crippen molar-refractivity contribution in [1.29, 1.82) is 0 Å². The van der Waals surface area contributed by atoms with Crippen molar-refractivity contribution >= 4 is 17.1 Å². The fourth-order valence-electron chi connectivity index (χ4n) is 0.663. The number of allylic oxidation sites excluding steroid dienone is 1. The summed E-state index contributed by atoms with van der Waals surface area (Å²) in [4.78, 5) is 11.6. The summed E-state index contributed by atoms with van der Waals surface area (Å²) in [6, 6.07) is 3.49. The number of hydrogen-bond acceptors (Lipinski definition) is 3. The van der Waals surface area contributed by atoms with Crippen molar-refractivity contribution in [3.63, 3.8) is 0 Å². The van der Waals surface area contributed by atoms with Crippen LogP contribution in [0.2, 0.25) is 0 Å². The smallest absolute Gasteiger partial charge is 0.195 e. The van der Waals surface area contributed by atoms with Gasteiger partial charge >= 0.3 is 0 Å². The lowest BCUT2D eigenvalue weighted by Gasteiger charge is -1.88. The number of ketones is 1. The van der Waals surface area contributed by atoms with Crippen LogP contribution in [0, 0.1) is 0 Å². The lowest BCUT2D eigenvalue weighted by Crippen LogP contribution is -1.86. The van der Waals surface area contributed by atoms with Crippen molar-refractivity contribution < 1.29 is 9.53 Å². The van der Waals surface area contributed by atoms with E-state index in [2.05, 4.69) is 6.58 Å². The first-order valence-corrected chi connectivity index (χ1v) is 3.90. The first-order chi connectivity index (χ1) is 5.27. The van der Waals surface area contributed by atoms with E-state index in [1.807, 2.05) is 0 Å². The van der Waals surface area contributed by atoms with Gasteiger partial charge < -0.3 is 4.74 Å². The molecule has 0 aliphatic carbocycles. The Labute approximate surface area is 69.1 Å². The molecule has 0 amide bonds. The fraction of sp³-hybridized carbons (Fsp3) is 0.125. The van der Waals surface area contributed by atoms with Gasteiger partial charge in [-0.2, -0.15) is 0 Å². The monoisotopic (exact) mass is 168 g/mol.